The average Bonchev–Trinajstić information content (AvgIpc) is 2.94. The molecule has 2 heterocycles. The molecule has 0 atom stereocenters. The van der Waals surface area contributed by atoms with Crippen LogP contribution in [0.5, 0.6) is 0 Å². The number of benzene rings is 1. The zero-order valence-electron chi connectivity index (χ0n) is 12.4. The first kappa shape index (κ1) is 16.2. The molecular weight excluding hydrogens is 350 g/mol. The predicted molar refractivity (Wildman–Crippen MR) is 97.7 cm³/mol. The van der Waals surface area contributed by atoms with Gasteiger partial charge in [0.05, 0.1) is 22.3 Å². The highest BCUT2D eigenvalue weighted by molar-refractivity contribution is 8.01. The number of nitrogens with zero attached hydrogens (tertiary/aromatic N) is 1. The Morgan fingerprint density at radius 2 is 2.30 bits per heavy atom. The van der Waals surface area contributed by atoms with Crippen molar-refractivity contribution < 1.29 is 9.53 Å². The molecule has 0 saturated carbocycles. The third-order valence-corrected chi connectivity index (χ3v) is 5.63. The molecule has 1 aliphatic heterocycles. The van der Waals surface area contributed by atoms with E-state index in [1.54, 1.807) is 23.1 Å². The molecule has 2 aromatic rings. The summed E-state index contributed by atoms with van der Waals surface area (Å²) >= 11 is 8.24. The quantitative estimate of drug-likeness (QED) is 0.365. The second kappa shape index (κ2) is 7.29. The van der Waals surface area contributed by atoms with Crippen molar-refractivity contribution in [1.29, 1.82) is 0 Å². The summed E-state index contributed by atoms with van der Waals surface area (Å²) in [5, 5.41) is 6.38. The van der Waals surface area contributed by atoms with Crippen LogP contribution in [-0.2, 0) is 9.53 Å². The number of nitrogens with one attached hydrogen (secondary N) is 2. The van der Waals surface area contributed by atoms with Crippen LogP contribution in [0.3, 0.4) is 0 Å². The molecule has 0 saturated heterocycles. The Labute approximate surface area is 147 Å². The number of thioether (sulfide) groups is 1. The van der Waals surface area contributed by atoms with E-state index in [1.165, 1.54) is 4.70 Å². The van der Waals surface area contributed by atoms with Crippen LogP contribution in [0.1, 0.15) is 6.92 Å². The highest BCUT2D eigenvalue weighted by Gasteiger charge is 2.19. The Bertz CT molecular complexity index is 752. The summed E-state index contributed by atoms with van der Waals surface area (Å²) < 4.78 is 7.48. The minimum absolute atomic E-state index is 0.310. The van der Waals surface area contributed by atoms with Gasteiger partial charge in [-0.15, -0.1) is 11.3 Å². The minimum atomic E-state index is -0.310. The van der Waals surface area contributed by atoms with E-state index in [-0.39, 0.29) is 5.97 Å². The Hall–Kier alpha value is -1.64. The monoisotopic (exact) mass is 365 g/mol. The van der Waals surface area contributed by atoms with Gasteiger partial charge in [0.2, 0.25) is 0 Å². The van der Waals surface area contributed by atoms with E-state index in [1.807, 2.05) is 25.1 Å². The predicted octanol–water partition coefficient (Wildman–Crippen LogP) is 2.68. The SMILES string of the molecule is CC1=C(C(=O)OCCSc2nc3ccccc3s2)CNC(=S)N1. The molecule has 0 aliphatic carbocycles. The highest BCUT2D eigenvalue weighted by atomic mass is 32.2. The van der Waals surface area contributed by atoms with Gasteiger partial charge in [-0.1, -0.05) is 23.9 Å². The summed E-state index contributed by atoms with van der Waals surface area (Å²) in [4.78, 5) is 16.6. The number of esters is 1. The van der Waals surface area contributed by atoms with Crippen molar-refractivity contribution >= 4 is 56.6 Å². The molecule has 8 heteroatoms. The van der Waals surface area contributed by atoms with Crippen LogP contribution in [0.2, 0.25) is 0 Å². The summed E-state index contributed by atoms with van der Waals surface area (Å²) in [6.45, 7) is 2.57. The number of thiazole rings is 1. The van der Waals surface area contributed by atoms with Gasteiger partial charge in [0.25, 0.3) is 0 Å². The van der Waals surface area contributed by atoms with E-state index in [4.69, 9.17) is 17.0 Å². The molecule has 3 rings (SSSR count). The number of thiocarbonyl (C=S) groups is 1. The van der Waals surface area contributed by atoms with Crippen molar-refractivity contribution in [2.24, 2.45) is 0 Å². The van der Waals surface area contributed by atoms with Gasteiger partial charge in [-0.25, -0.2) is 9.78 Å². The van der Waals surface area contributed by atoms with Crippen molar-refractivity contribution in [3.05, 3.63) is 35.5 Å². The molecule has 1 aromatic carbocycles. The third-order valence-electron chi connectivity index (χ3n) is 3.24. The Balaban J connectivity index is 1.49. The van der Waals surface area contributed by atoms with Crippen LogP contribution in [-0.4, -0.2) is 35.0 Å². The molecule has 2 N–H and O–H groups in total. The van der Waals surface area contributed by atoms with Crippen molar-refractivity contribution in [2.45, 2.75) is 11.3 Å². The molecule has 0 amide bonds. The zero-order chi connectivity index (χ0) is 16.2. The van der Waals surface area contributed by atoms with Gasteiger partial charge in [-0.3, -0.25) is 0 Å². The third kappa shape index (κ3) is 4.01. The maximum Gasteiger partial charge on any atom is 0.337 e. The Kier molecular flexibility index (Phi) is 5.14. The zero-order valence-corrected chi connectivity index (χ0v) is 14.9. The van der Waals surface area contributed by atoms with E-state index in [0.29, 0.717) is 29.6 Å². The molecule has 23 heavy (non-hydrogen) atoms. The van der Waals surface area contributed by atoms with Gasteiger partial charge in [-0.05, 0) is 31.3 Å². The fraction of sp³-hybridized carbons (Fsp3) is 0.267. The first-order valence-electron chi connectivity index (χ1n) is 7.03. The van der Waals surface area contributed by atoms with E-state index in [0.717, 1.165) is 15.6 Å². The topological polar surface area (TPSA) is 63.2 Å². The molecule has 1 aliphatic rings. The van der Waals surface area contributed by atoms with E-state index < -0.39 is 0 Å². The van der Waals surface area contributed by atoms with Crippen molar-refractivity contribution in [2.75, 3.05) is 18.9 Å². The molecule has 1 aromatic heterocycles. The number of allylic oxidation sites excluding steroid dienone is 1. The molecule has 0 radical (unpaired) electrons. The Morgan fingerprint density at radius 1 is 1.48 bits per heavy atom. The van der Waals surface area contributed by atoms with Crippen LogP contribution >= 0.6 is 35.3 Å². The van der Waals surface area contributed by atoms with Crippen LogP contribution in [0.4, 0.5) is 0 Å². The number of hydrogen-bond donors (Lipinski definition) is 2. The lowest BCUT2D eigenvalue weighted by molar-refractivity contribution is -0.138. The van der Waals surface area contributed by atoms with E-state index in [9.17, 15) is 4.79 Å². The van der Waals surface area contributed by atoms with Gasteiger partial charge in [-0.2, -0.15) is 0 Å². The fourth-order valence-electron chi connectivity index (χ4n) is 2.08. The number of rotatable bonds is 5. The van der Waals surface area contributed by atoms with Crippen LogP contribution in [0.25, 0.3) is 10.2 Å². The molecule has 5 nitrogen and oxygen atoms in total. The lowest BCUT2D eigenvalue weighted by atomic mass is 10.2. The van der Waals surface area contributed by atoms with Gasteiger partial charge in [0.1, 0.15) is 6.61 Å². The van der Waals surface area contributed by atoms with Crippen molar-refractivity contribution in [3.63, 3.8) is 0 Å². The number of ether oxygens (including phenoxy) is 1. The summed E-state index contributed by atoms with van der Waals surface area (Å²) in [6, 6.07) is 8.04. The van der Waals surface area contributed by atoms with Crippen molar-refractivity contribution in [3.8, 4) is 0 Å². The summed E-state index contributed by atoms with van der Waals surface area (Å²) in [5.41, 5.74) is 2.34. The second-order valence-electron chi connectivity index (χ2n) is 4.84. The molecule has 0 bridgehead atoms. The summed E-state index contributed by atoms with van der Waals surface area (Å²) in [7, 11) is 0. The second-order valence-corrected chi connectivity index (χ2v) is 7.62. The number of hydrogen-bond acceptors (Lipinski definition) is 6. The number of carbonyl (C=O) groups is 1. The van der Waals surface area contributed by atoms with Gasteiger partial charge in [0.15, 0.2) is 9.45 Å². The molecule has 0 spiro atoms. The first-order valence-corrected chi connectivity index (χ1v) is 9.24. The average molecular weight is 366 g/mol. The van der Waals surface area contributed by atoms with E-state index in [2.05, 4.69) is 21.7 Å². The molecule has 0 fully saturated rings. The largest absolute Gasteiger partial charge is 0.461 e. The molecular formula is C15H15N3O2S3. The Morgan fingerprint density at radius 3 is 3.09 bits per heavy atom. The smallest absolute Gasteiger partial charge is 0.337 e. The van der Waals surface area contributed by atoms with Crippen LogP contribution in [0, 0.1) is 0 Å². The maximum atomic E-state index is 12.0. The standard InChI is InChI=1S/C15H15N3O2S3/c1-9-10(8-16-14(21)17-9)13(19)20-6-7-22-15-18-11-4-2-3-5-12(11)23-15/h2-5H,6-8H2,1H3,(H2,16,17,21). The van der Waals surface area contributed by atoms with Crippen LogP contribution < -0.4 is 10.6 Å². The highest BCUT2D eigenvalue weighted by Crippen LogP contribution is 2.29. The number of carbonyl (C=O) groups excluding carboxylic acids is 1. The van der Waals surface area contributed by atoms with E-state index >= 15 is 0 Å². The van der Waals surface area contributed by atoms with Crippen molar-refractivity contribution in [1.82, 2.24) is 15.6 Å². The number of para-hydroxylation sites is 1. The normalized spacial score (nSPS) is 14.6. The maximum absolute atomic E-state index is 12.0. The summed E-state index contributed by atoms with van der Waals surface area (Å²) in [5.74, 6) is 0.367. The number of aromatic nitrogens is 1. The van der Waals surface area contributed by atoms with Gasteiger partial charge < -0.3 is 15.4 Å². The molecule has 0 unspecified atom stereocenters. The first-order chi connectivity index (χ1) is 11.1. The fourth-order valence-corrected chi connectivity index (χ4v) is 4.26. The molecule has 120 valence electrons. The van der Waals surface area contributed by atoms with Gasteiger partial charge >= 0.3 is 5.97 Å². The lowest BCUT2D eigenvalue weighted by Gasteiger charge is -2.20. The van der Waals surface area contributed by atoms with Gasteiger partial charge in [0, 0.05) is 11.4 Å². The van der Waals surface area contributed by atoms with Crippen LogP contribution in [0.15, 0.2) is 39.9 Å². The summed E-state index contributed by atoms with van der Waals surface area (Å²) in [6.07, 6.45) is 0. The minimum Gasteiger partial charge on any atom is -0.461 e. The lowest BCUT2D eigenvalue weighted by Crippen LogP contribution is -2.43. The number of fused-ring (bicyclic) bond motifs is 1.